The van der Waals surface area contributed by atoms with Gasteiger partial charge in [0.25, 0.3) is 5.91 Å². The van der Waals surface area contributed by atoms with Gasteiger partial charge in [-0.1, -0.05) is 24.6 Å². The minimum absolute atomic E-state index is 0.00806. The van der Waals surface area contributed by atoms with Crippen molar-refractivity contribution < 1.29 is 4.79 Å². The molecule has 4 rings (SSSR count). The maximum absolute atomic E-state index is 13.4. The van der Waals surface area contributed by atoms with Gasteiger partial charge in [0.1, 0.15) is 0 Å². The number of rotatable bonds is 3. The highest BCUT2D eigenvalue weighted by molar-refractivity contribution is 6.31. The molecular formula is C23H25ClN4O. The Kier molecular flexibility index (Phi) is 5.41. The van der Waals surface area contributed by atoms with Gasteiger partial charge in [0.2, 0.25) is 0 Å². The maximum atomic E-state index is 13.4. The van der Waals surface area contributed by atoms with Gasteiger partial charge in [-0.05, 0) is 62.4 Å². The van der Waals surface area contributed by atoms with Crippen molar-refractivity contribution in [2.75, 3.05) is 18.4 Å². The van der Waals surface area contributed by atoms with Crippen LogP contribution in [0.5, 0.6) is 0 Å². The molecule has 1 atom stereocenters. The van der Waals surface area contributed by atoms with Crippen LogP contribution in [-0.2, 0) is 0 Å². The summed E-state index contributed by atoms with van der Waals surface area (Å²) in [5, 5.41) is 4.93. The first-order valence-corrected chi connectivity index (χ1v) is 10.4. The standard InChI is InChI=1S/C23H25ClN4O/c1-14-5-4-10-28(13-14)23(29)19-12-25-22-18(9-7-16(3)26-22)21(19)27-20-11-17(24)8-6-15(20)2/h6-9,11-12,14H,4-5,10,13H2,1-3H3,(H,25,26,27)/t14-/m0/s1. The van der Waals surface area contributed by atoms with Gasteiger partial charge in [-0.2, -0.15) is 0 Å². The zero-order chi connectivity index (χ0) is 20.5. The third-order valence-electron chi connectivity index (χ3n) is 5.50. The van der Waals surface area contributed by atoms with E-state index in [1.54, 1.807) is 6.20 Å². The monoisotopic (exact) mass is 408 g/mol. The zero-order valence-electron chi connectivity index (χ0n) is 17.0. The Hall–Kier alpha value is -2.66. The van der Waals surface area contributed by atoms with Crippen LogP contribution >= 0.6 is 11.6 Å². The zero-order valence-corrected chi connectivity index (χ0v) is 17.8. The number of aromatic nitrogens is 2. The van der Waals surface area contributed by atoms with E-state index in [9.17, 15) is 4.79 Å². The van der Waals surface area contributed by atoms with Crippen molar-refractivity contribution >= 4 is 39.9 Å². The van der Waals surface area contributed by atoms with Crippen LogP contribution in [-0.4, -0.2) is 33.9 Å². The molecule has 1 aromatic carbocycles. The number of piperidine rings is 1. The third kappa shape index (κ3) is 4.06. The molecule has 150 valence electrons. The number of nitrogens with one attached hydrogen (secondary N) is 1. The number of halogens is 1. The van der Waals surface area contributed by atoms with Gasteiger partial charge >= 0.3 is 0 Å². The summed E-state index contributed by atoms with van der Waals surface area (Å²) in [6.07, 6.45) is 3.85. The van der Waals surface area contributed by atoms with E-state index < -0.39 is 0 Å². The largest absolute Gasteiger partial charge is 0.354 e. The Labute approximate surface area is 176 Å². The van der Waals surface area contributed by atoms with E-state index in [1.165, 1.54) is 0 Å². The smallest absolute Gasteiger partial charge is 0.257 e. The van der Waals surface area contributed by atoms with E-state index in [2.05, 4.69) is 22.2 Å². The van der Waals surface area contributed by atoms with Crippen molar-refractivity contribution in [3.63, 3.8) is 0 Å². The fourth-order valence-corrected chi connectivity index (χ4v) is 4.05. The van der Waals surface area contributed by atoms with Gasteiger partial charge < -0.3 is 10.2 Å². The van der Waals surface area contributed by atoms with Crippen LogP contribution in [0, 0.1) is 19.8 Å². The molecular weight excluding hydrogens is 384 g/mol. The number of hydrogen-bond acceptors (Lipinski definition) is 4. The molecule has 29 heavy (non-hydrogen) atoms. The highest BCUT2D eigenvalue weighted by Crippen LogP contribution is 2.32. The van der Waals surface area contributed by atoms with E-state index in [4.69, 9.17) is 11.6 Å². The molecule has 1 aliphatic heterocycles. The van der Waals surface area contributed by atoms with Crippen LogP contribution in [0.25, 0.3) is 11.0 Å². The van der Waals surface area contributed by atoms with Crippen molar-refractivity contribution in [3.8, 4) is 0 Å². The number of hydrogen-bond donors (Lipinski definition) is 1. The second kappa shape index (κ2) is 7.99. The summed E-state index contributed by atoms with van der Waals surface area (Å²) in [4.78, 5) is 24.4. The fraction of sp³-hybridized carbons (Fsp3) is 0.348. The van der Waals surface area contributed by atoms with Crippen LogP contribution in [0.1, 0.15) is 41.4 Å². The highest BCUT2D eigenvalue weighted by Gasteiger charge is 2.25. The molecule has 1 fully saturated rings. The van der Waals surface area contributed by atoms with Gasteiger partial charge in [-0.3, -0.25) is 4.79 Å². The number of pyridine rings is 2. The number of nitrogens with zero attached hydrogens (tertiary/aromatic N) is 3. The minimum Gasteiger partial charge on any atom is -0.354 e. The van der Waals surface area contributed by atoms with E-state index in [1.807, 2.05) is 49.1 Å². The van der Waals surface area contributed by atoms with Crippen LogP contribution in [0.4, 0.5) is 11.4 Å². The van der Waals surface area contributed by atoms with Gasteiger partial charge in [-0.15, -0.1) is 0 Å². The molecule has 0 unspecified atom stereocenters. The molecule has 1 N–H and O–H groups in total. The number of carbonyl (C=O) groups is 1. The topological polar surface area (TPSA) is 58.1 Å². The molecule has 1 saturated heterocycles. The molecule has 5 nitrogen and oxygen atoms in total. The molecule has 3 heterocycles. The van der Waals surface area contributed by atoms with Crippen LogP contribution in [0.3, 0.4) is 0 Å². The summed E-state index contributed by atoms with van der Waals surface area (Å²) in [6, 6.07) is 9.62. The molecule has 0 aliphatic carbocycles. The van der Waals surface area contributed by atoms with E-state index >= 15 is 0 Å². The number of amides is 1. The Morgan fingerprint density at radius 1 is 1.24 bits per heavy atom. The summed E-state index contributed by atoms with van der Waals surface area (Å²) in [6.45, 7) is 7.70. The van der Waals surface area contributed by atoms with E-state index in [-0.39, 0.29) is 5.91 Å². The van der Waals surface area contributed by atoms with Crippen LogP contribution in [0.15, 0.2) is 36.5 Å². The molecule has 1 aliphatic rings. The van der Waals surface area contributed by atoms with E-state index in [0.29, 0.717) is 22.2 Å². The van der Waals surface area contributed by atoms with Crippen molar-refractivity contribution in [1.29, 1.82) is 0 Å². The maximum Gasteiger partial charge on any atom is 0.257 e. The molecule has 2 aromatic heterocycles. The first-order valence-electron chi connectivity index (χ1n) is 10.0. The van der Waals surface area contributed by atoms with E-state index in [0.717, 1.165) is 53.9 Å². The van der Waals surface area contributed by atoms with Crippen LogP contribution < -0.4 is 5.32 Å². The molecule has 0 bridgehead atoms. The van der Waals surface area contributed by atoms with Crippen molar-refractivity contribution in [2.24, 2.45) is 5.92 Å². The first kappa shape index (κ1) is 19.6. The Morgan fingerprint density at radius 2 is 2.07 bits per heavy atom. The average molecular weight is 409 g/mol. The average Bonchev–Trinajstić information content (AvgIpc) is 2.70. The van der Waals surface area contributed by atoms with Gasteiger partial charge in [0.05, 0.1) is 11.3 Å². The number of benzene rings is 1. The lowest BCUT2D eigenvalue weighted by Gasteiger charge is -2.31. The predicted molar refractivity (Wildman–Crippen MR) is 118 cm³/mol. The molecule has 0 radical (unpaired) electrons. The van der Waals surface area contributed by atoms with Crippen LogP contribution in [0.2, 0.25) is 5.02 Å². The Balaban J connectivity index is 1.83. The number of likely N-dealkylation sites (tertiary alicyclic amines) is 1. The Bertz CT molecular complexity index is 1080. The van der Waals surface area contributed by atoms with Gasteiger partial charge in [0, 0.05) is 41.1 Å². The summed E-state index contributed by atoms with van der Waals surface area (Å²) < 4.78 is 0. The number of anilines is 2. The van der Waals surface area contributed by atoms with Crippen molar-refractivity contribution in [3.05, 3.63) is 58.4 Å². The third-order valence-corrected chi connectivity index (χ3v) is 5.74. The Morgan fingerprint density at radius 3 is 2.86 bits per heavy atom. The molecule has 1 amide bonds. The summed E-state index contributed by atoms with van der Waals surface area (Å²) >= 11 is 6.22. The van der Waals surface area contributed by atoms with Gasteiger partial charge in [-0.25, -0.2) is 9.97 Å². The number of carbonyl (C=O) groups excluding carboxylic acids is 1. The highest BCUT2D eigenvalue weighted by atomic mass is 35.5. The van der Waals surface area contributed by atoms with Crippen molar-refractivity contribution in [1.82, 2.24) is 14.9 Å². The lowest BCUT2D eigenvalue weighted by atomic mass is 9.99. The second-order valence-electron chi connectivity index (χ2n) is 7.95. The number of fused-ring (bicyclic) bond motifs is 1. The predicted octanol–water partition coefficient (Wildman–Crippen LogP) is 5.52. The van der Waals surface area contributed by atoms with Gasteiger partial charge in [0.15, 0.2) is 5.65 Å². The first-order chi connectivity index (χ1) is 13.9. The molecule has 0 spiro atoms. The summed E-state index contributed by atoms with van der Waals surface area (Å²) in [7, 11) is 0. The summed E-state index contributed by atoms with van der Waals surface area (Å²) in [5.41, 5.74) is 4.72. The lowest BCUT2D eigenvalue weighted by Crippen LogP contribution is -2.39. The molecule has 0 saturated carbocycles. The molecule has 6 heteroatoms. The minimum atomic E-state index is 0.00806. The second-order valence-corrected chi connectivity index (χ2v) is 8.39. The quantitative estimate of drug-likeness (QED) is 0.620. The van der Waals surface area contributed by atoms with Crippen molar-refractivity contribution in [2.45, 2.75) is 33.6 Å². The lowest BCUT2D eigenvalue weighted by molar-refractivity contribution is 0.0684. The number of aryl methyl sites for hydroxylation is 2. The molecule has 3 aromatic rings. The fourth-order valence-electron chi connectivity index (χ4n) is 3.88. The normalized spacial score (nSPS) is 16.8. The summed E-state index contributed by atoms with van der Waals surface area (Å²) in [5.74, 6) is 0.519. The SMILES string of the molecule is Cc1ccc2c(Nc3cc(Cl)ccc3C)c(C(=O)N3CCC[C@H](C)C3)cnc2n1.